The van der Waals surface area contributed by atoms with Crippen LogP contribution in [0.2, 0.25) is 0 Å². The number of rotatable bonds is 5. The summed E-state index contributed by atoms with van der Waals surface area (Å²) in [6.45, 7) is 6.21. The highest BCUT2D eigenvalue weighted by atomic mass is 16.3. The Hall–Kier alpha value is -0.610. The molecule has 1 rings (SSSR count). The molecule has 0 radical (unpaired) electrons. The Kier molecular flexibility index (Phi) is 5.60. The van der Waals surface area contributed by atoms with Gasteiger partial charge in [0.25, 0.3) is 0 Å². The van der Waals surface area contributed by atoms with E-state index in [9.17, 15) is 9.90 Å². The zero-order valence-corrected chi connectivity index (χ0v) is 11.9. The number of carbonyl (C=O) groups is 1. The molecule has 0 aromatic carbocycles. The highest BCUT2D eigenvalue weighted by Crippen LogP contribution is 2.23. The number of hydrogen-bond donors (Lipinski definition) is 3. The van der Waals surface area contributed by atoms with E-state index in [-0.39, 0.29) is 17.9 Å². The standard InChI is InChI=1S/C14H28N2O2/c1-10(2)8-14(3,18)9-16-13(17)11-6-4-5-7-12(11)15/h10-12,18H,4-9,15H2,1-3H3,(H,16,17). The van der Waals surface area contributed by atoms with Gasteiger partial charge in [0.1, 0.15) is 0 Å². The summed E-state index contributed by atoms with van der Waals surface area (Å²) < 4.78 is 0. The van der Waals surface area contributed by atoms with Crippen LogP contribution >= 0.6 is 0 Å². The summed E-state index contributed by atoms with van der Waals surface area (Å²) in [5.41, 5.74) is 5.15. The number of nitrogens with one attached hydrogen (secondary N) is 1. The molecule has 1 saturated carbocycles. The van der Waals surface area contributed by atoms with E-state index in [1.54, 1.807) is 6.92 Å². The molecular formula is C14H28N2O2. The molecule has 0 heterocycles. The molecule has 3 unspecified atom stereocenters. The number of amides is 1. The summed E-state index contributed by atoms with van der Waals surface area (Å²) in [5.74, 6) is 0.341. The van der Waals surface area contributed by atoms with Gasteiger partial charge in [-0.3, -0.25) is 4.79 Å². The molecule has 0 aromatic heterocycles. The number of nitrogens with two attached hydrogens (primary N) is 1. The Morgan fingerprint density at radius 1 is 1.44 bits per heavy atom. The molecule has 0 bridgehead atoms. The predicted molar refractivity (Wildman–Crippen MR) is 73.0 cm³/mol. The van der Waals surface area contributed by atoms with Crippen LogP contribution in [0.25, 0.3) is 0 Å². The molecule has 18 heavy (non-hydrogen) atoms. The Balaban J connectivity index is 2.40. The number of carbonyl (C=O) groups excluding carboxylic acids is 1. The fourth-order valence-electron chi connectivity index (χ4n) is 2.85. The van der Waals surface area contributed by atoms with Crippen molar-refractivity contribution in [2.75, 3.05) is 6.54 Å². The highest BCUT2D eigenvalue weighted by molar-refractivity contribution is 5.79. The van der Waals surface area contributed by atoms with Gasteiger partial charge in [0.05, 0.1) is 11.5 Å². The summed E-state index contributed by atoms with van der Waals surface area (Å²) in [5, 5.41) is 13.0. The van der Waals surface area contributed by atoms with Crippen molar-refractivity contribution < 1.29 is 9.90 Å². The highest BCUT2D eigenvalue weighted by Gasteiger charge is 2.30. The molecule has 1 aliphatic rings. The summed E-state index contributed by atoms with van der Waals surface area (Å²) >= 11 is 0. The zero-order chi connectivity index (χ0) is 13.8. The normalized spacial score (nSPS) is 27.9. The SMILES string of the molecule is CC(C)CC(C)(O)CNC(=O)C1CCCCC1N. The van der Waals surface area contributed by atoms with Crippen LogP contribution in [0.1, 0.15) is 52.9 Å². The van der Waals surface area contributed by atoms with Crippen molar-refractivity contribution in [3.8, 4) is 0 Å². The topological polar surface area (TPSA) is 75.3 Å². The van der Waals surface area contributed by atoms with E-state index >= 15 is 0 Å². The van der Waals surface area contributed by atoms with Gasteiger partial charge >= 0.3 is 0 Å². The van der Waals surface area contributed by atoms with Gasteiger partial charge in [-0.15, -0.1) is 0 Å². The lowest BCUT2D eigenvalue weighted by atomic mass is 9.84. The van der Waals surface area contributed by atoms with Crippen molar-refractivity contribution >= 4 is 5.91 Å². The van der Waals surface area contributed by atoms with E-state index in [1.165, 1.54) is 0 Å². The molecule has 1 aliphatic carbocycles. The lowest BCUT2D eigenvalue weighted by Gasteiger charge is -2.30. The third-order valence-electron chi connectivity index (χ3n) is 3.65. The van der Waals surface area contributed by atoms with Crippen molar-refractivity contribution in [3.63, 3.8) is 0 Å². The summed E-state index contributed by atoms with van der Waals surface area (Å²) in [4.78, 5) is 12.0. The average Bonchev–Trinajstić information content (AvgIpc) is 2.25. The van der Waals surface area contributed by atoms with E-state index in [0.717, 1.165) is 25.7 Å². The molecule has 3 atom stereocenters. The minimum Gasteiger partial charge on any atom is -0.388 e. The Labute approximate surface area is 110 Å². The minimum atomic E-state index is -0.831. The maximum Gasteiger partial charge on any atom is 0.224 e. The summed E-state index contributed by atoms with van der Waals surface area (Å²) in [6.07, 6.45) is 4.69. The minimum absolute atomic E-state index is 0.00577. The number of hydrogen-bond acceptors (Lipinski definition) is 3. The molecule has 4 N–H and O–H groups in total. The van der Waals surface area contributed by atoms with E-state index < -0.39 is 5.60 Å². The van der Waals surface area contributed by atoms with Gasteiger partial charge in [0.15, 0.2) is 0 Å². The molecule has 4 nitrogen and oxygen atoms in total. The smallest absolute Gasteiger partial charge is 0.224 e. The first kappa shape index (κ1) is 15.4. The van der Waals surface area contributed by atoms with Crippen LogP contribution in [-0.2, 0) is 4.79 Å². The van der Waals surface area contributed by atoms with Crippen LogP contribution in [0.15, 0.2) is 0 Å². The van der Waals surface area contributed by atoms with Crippen LogP contribution in [-0.4, -0.2) is 29.2 Å². The summed E-state index contributed by atoms with van der Waals surface area (Å²) in [7, 11) is 0. The van der Waals surface area contributed by atoms with Crippen molar-refractivity contribution in [1.29, 1.82) is 0 Å². The maximum absolute atomic E-state index is 12.0. The van der Waals surface area contributed by atoms with Crippen molar-refractivity contribution in [1.82, 2.24) is 5.32 Å². The van der Waals surface area contributed by atoms with Crippen molar-refractivity contribution in [2.45, 2.75) is 64.5 Å². The van der Waals surface area contributed by atoms with E-state index in [4.69, 9.17) is 5.73 Å². The average molecular weight is 256 g/mol. The molecule has 0 aromatic rings. The second-order valence-corrected chi connectivity index (χ2v) is 6.37. The largest absolute Gasteiger partial charge is 0.388 e. The van der Waals surface area contributed by atoms with Crippen LogP contribution in [0.4, 0.5) is 0 Å². The molecule has 0 spiro atoms. The van der Waals surface area contributed by atoms with E-state index in [0.29, 0.717) is 18.9 Å². The zero-order valence-electron chi connectivity index (χ0n) is 11.9. The Bertz CT molecular complexity index is 277. The van der Waals surface area contributed by atoms with Gasteiger partial charge in [0.2, 0.25) is 5.91 Å². The predicted octanol–water partition coefficient (Wildman–Crippen LogP) is 1.42. The molecular weight excluding hydrogens is 228 g/mol. The van der Waals surface area contributed by atoms with Gasteiger partial charge < -0.3 is 16.2 Å². The molecule has 0 aliphatic heterocycles. The van der Waals surface area contributed by atoms with Gasteiger partial charge in [-0.25, -0.2) is 0 Å². The van der Waals surface area contributed by atoms with Gasteiger partial charge in [-0.05, 0) is 32.1 Å². The Morgan fingerprint density at radius 3 is 2.61 bits per heavy atom. The molecule has 1 amide bonds. The monoisotopic (exact) mass is 256 g/mol. The first-order chi connectivity index (χ1) is 8.32. The fraction of sp³-hybridized carbons (Fsp3) is 0.929. The van der Waals surface area contributed by atoms with Crippen molar-refractivity contribution in [2.24, 2.45) is 17.6 Å². The van der Waals surface area contributed by atoms with E-state index in [1.807, 2.05) is 0 Å². The fourth-order valence-corrected chi connectivity index (χ4v) is 2.85. The molecule has 1 fully saturated rings. The van der Waals surface area contributed by atoms with Crippen LogP contribution < -0.4 is 11.1 Å². The first-order valence-corrected chi connectivity index (χ1v) is 7.07. The van der Waals surface area contributed by atoms with Gasteiger partial charge in [0, 0.05) is 12.6 Å². The lowest BCUT2D eigenvalue weighted by Crippen LogP contribution is -2.48. The van der Waals surface area contributed by atoms with Crippen LogP contribution in [0, 0.1) is 11.8 Å². The first-order valence-electron chi connectivity index (χ1n) is 7.07. The Morgan fingerprint density at radius 2 is 2.06 bits per heavy atom. The molecule has 4 heteroatoms. The van der Waals surface area contributed by atoms with Crippen LogP contribution in [0.3, 0.4) is 0 Å². The molecule has 0 saturated heterocycles. The molecule has 106 valence electrons. The second kappa shape index (κ2) is 6.53. The van der Waals surface area contributed by atoms with Crippen molar-refractivity contribution in [3.05, 3.63) is 0 Å². The third kappa shape index (κ3) is 4.94. The maximum atomic E-state index is 12.0. The van der Waals surface area contributed by atoms with Gasteiger partial charge in [-0.2, -0.15) is 0 Å². The lowest BCUT2D eigenvalue weighted by molar-refractivity contribution is -0.127. The van der Waals surface area contributed by atoms with Crippen LogP contribution in [0.5, 0.6) is 0 Å². The third-order valence-corrected chi connectivity index (χ3v) is 3.65. The van der Waals surface area contributed by atoms with E-state index in [2.05, 4.69) is 19.2 Å². The number of aliphatic hydroxyl groups is 1. The summed E-state index contributed by atoms with van der Waals surface area (Å²) in [6, 6.07) is -0.0196. The quantitative estimate of drug-likeness (QED) is 0.696. The second-order valence-electron chi connectivity index (χ2n) is 6.37. The van der Waals surface area contributed by atoms with Gasteiger partial charge in [-0.1, -0.05) is 26.7 Å².